The zero-order valence-corrected chi connectivity index (χ0v) is 6.29. The Bertz CT molecular complexity index is 100.0. The predicted molar refractivity (Wildman–Crippen MR) is 40.5 cm³/mol. The minimum atomic E-state index is 0.116. The van der Waals surface area contributed by atoms with Gasteiger partial charge in [0, 0.05) is 0 Å². The maximum Gasteiger partial charge on any atom is 0.177 e. The van der Waals surface area contributed by atoms with Crippen molar-refractivity contribution in [3.63, 3.8) is 0 Å². The monoisotopic (exact) mass is 149 g/mol. The second-order valence-electron chi connectivity index (χ2n) is 1.42. The number of carbonyl (C=O) groups is 1. The van der Waals surface area contributed by atoms with Gasteiger partial charge in [-0.3, -0.25) is 0 Å². The van der Waals surface area contributed by atoms with Gasteiger partial charge in [0.1, 0.15) is 5.78 Å². The van der Waals surface area contributed by atoms with Crippen LogP contribution >= 0.6 is 12.2 Å². The number of nitrogens with one attached hydrogen (secondary N) is 1. The van der Waals surface area contributed by atoms with Crippen LogP contribution in [0.15, 0.2) is 0 Å². The van der Waals surface area contributed by atoms with Gasteiger partial charge in [-0.2, -0.15) is 0 Å². The number of rotatable bonds is 0. The van der Waals surface area contributed by atoms with Crippen LogP contribution in [0, 0.1) is 0 Å². The van der Waals surface area contributed by atoms with Crippen molar-refractivity contribution < 1.29 is 4.79 Å². The molecule has 5 heteroatoms. The molecule has 0 aliphatic carbocycles. The van der Waals surface area contributed by atoms with E-state index in [0.717, 1.165) is 0 Å². The molecule has 0 rings (SSSR count). The molecule has 0 fully saturated rings. The van der Waals surface area contributed by atoms with Crippen LogP contribution in [0.2, 0.25) is 0 Å². The molecule has 4 nitrogen and oxygen atoms in total. The quantitative estimate of drug-likeness (QED) is 0.241. The van der Waals surface area contributed by atoms with Gasteiger partial charge in [0.05, 0.1) is 0 Å². The van der Waals surface area contributed by atoms with Gasteiger partial charge in [0.15, 0.2) is 5.11 Å². The fourth-order valence-corrected chi connectivity index (χ4v) is 0. The maximum absolute atomic E-state index is 9.44. The Hall–Kier alpha value is -0.680. The molecule has 0 radical (unpaired) electrons. The highest BCUT2D eigenvalue weighted by atomic mass is 32.1. The van der Waals surface area contributed by atoms with Gasteiger partial charge >= 0.3 is 0 Å². The smallest absolute Gasteiger partial charge is 0.177 e. The highest BCUT2D eigenvalue weighted by molar-refractivity contribution is 7.80. The summed E-state index contributed by atoms with van der Waals surface area (Å²) in [6.07, 6.45) is 0. The second-order valence-corrected chi connectivity index (χ2v) is 1.86. The van der Waals surface area contributed by atoms with Crippen molar-refractivity contribution in [2.45, 2.75) is 13.8 Å². The molecule has 0 saturated carbocycles. The standard InChI is InChI=1S/C3H6O.CH5N3S/c1-3(2)4;2-1(5)4-3/h1-2H3;3H2,(H3,2,4,5). The zero-order chi connectivity index (χ0) is 7.86. The number of nitrogens with two attached hydrogens (primary N) is 2. The molecule has 0 unspecified atom stereocenters. The van der Waals surface area contributed by atoms with E-state index in [4.69, 9.17) is 5.73 Å². The largest absolute Gasteiger partial charge is 0.375 e. The fraction of sp³-hybridized carbons (Fsp3) is 0.500. The molecule has 0 aromatic heterocycles. The van der Waals surface area contributed by atoms with Crippen molar-refractivity contribution in [1.82, 2.24) is 5.43 Å². The molecular formula is C4H11N3OS. The highest BCUT2D eigenvalue weighted by Gasteiger charge is 1.66. The molecule has 0 bridgehead atoms. The van der Waals surface area contributed by atoms with E-state index in [2.05, 4.69) is 18.1 Å². The second kappa shape index (κ2) is 7.32. The normalized spacial score (nSPS) is 6.56. The summed E-state index contributed by atoms with van der Waals surface area (Å²) in [7, 11) is 0. The lowest BCUT2D eigenvalue weighted by Gasteiger charge is -1.85. The van der Waals surface area contributed by atoms with E-state index in [1.165, 1.54) is 13.8 Å². The third-order valence-electron chi connectivity index (χ3n) is 0.142. The summed E-state index contributed by atoms with van der Waals surface area (Å²) in [5.41, 5.74) is 6.82. The van der Waals surface area contributed by atoms with Crippen LogP contribution in [0.25, 0.3) is 0 Å². The molecule has 0 aromatic carbocycles. The summed E-state index contributed by atoms with van der Waals surface area (Å²) in [5, 5.41) is 0.116. The van der Waals surface area contributed by atoms with E-state index in [0.29, 0.717) is 0 Å². The van der Waals surface area contributed by atoms with Gasteiger partial charge in [0.25, 0.3) is 0 Å². The van der Waals surface area contributed by atoms with Crippen LogP contribution in [-0.4, -0.2) is 10.9 Å². The molecule has 0 spiro atoms. The van der Waals surface area contributed by atoms with Gasteiger partial charge in [-0.05, 0) is 26.1 Å². The van der Waals surface area contributed by atoms with Gasteiger partial charge in [-0.1, -0.05) is 0 Å². The first-order chi connectivity index (χ1) is 4.00. The van der Waals surface area contributed by atoms with Crippen LogP contribution < -0.4 is 17.0 Å². The Balaban J connectivity index is 0. The minimum Gasteiger partial charge on any atom is -0.375 e. The molecule has 0 aliphatic rings. The Kier molecular flexibility index (Phi) is 9.08. The number of hydrogen-bond donors (Lipinski definition) is 3. The Labute approximate surface area is 59.6 Å². The fourth-order valence-electron chi connectivity index (χ4n) is 0. The van der Waals surface area contributed by atoms with E-state index in [1.54, 1.807) is 0 Å². The Morgan fingerprint density at radius 3 is 1.67 bits per heavy atom. The summed E-state index contributed by atoms with van der Waals surface area (Å²) in [4.78, 5) is 9.44. The summed E-state index contributed by atoms with van der Waals surface area (Å²) in [5.74, 6) is 4.82. The van der Waals surface area contributed by atoms with Crippen molar-refractivity contribution in [2.24, 2.45) is 11.6 Å². The van der Waals surface area contributed by atoms with Crippen LogP contribution in [0.4, 0.5) is 0 Å². The number of hydrogen-bond acceptors (Lipinski definition) is 3. The third kappa shape index (κ3) is 119. The number of Topliss-reactive ketones (excluding diaryl/α,β-unsaturated/α-hetero) is 1. The van der Waals surface area contributed by atoms with Crippen LogP contribution in [0.1, 0.15) is 13.8 Å². The zero-order valence-electron chi connectivity index (χ0n) is 5.47. The average Bonchev–Trinajstić information content (AvgIpc) is 1.65. The number of thiocarbonyl (C=S) groups is 1. The van der Waals surface area contributed by atoms with Crippen molar-refractivity contribution in [3.8, 4) is 0 Å². The lowest BCUT2D eigenvalue weighted by Crippen LogP contribution is -2.34. The first-order valence-corrected chi connectivity index (χ1v) is 2.64. The first-order valence-electron chi connectivity index (χ1n) is 2.24. The van der Waals surface area contributed by atoms with E-state index in [1.807, 2.05) is 5.43 Å². The lowest BCUT2D eigenvalue weighted by molar-refractivity contribution is -0.114. The SMILES string of the molecule is CC(C)=O.NNC(N)=S. The molecule has 9 heavy (non-hydrogen) atoms. The van der Waals surface area contributed by atoms with Crippen molar-refractivity contribution in [3.05, 3.63) is 0 Å². The maximum atomic E-state index is 9.44. The Morgan fingerprint density at radius 1 is 1.56 bits per heavy atom. The summed E-state index contributed by atoms with van der Waals surface area (Å²) < 4.78 is 0. The van der Waals surface area contributed by atoms with E-state index >= 15 is 0 Å². The molecule has 0 aliphatic heterocycles. The van der Waals surface area contributed by atoms with Gasteiger partial charge in [-0.25, -0.2) is 5.84 Å². The molecule has 0 amide bonds. The topological polar surface area (TPSA) is 81.1 Å². The minimum absolute atomic E-state index is 0.116. The van der Waals surface area contributed by atoms with Crippen molar-refractivity contribution >= 4 is 23.1 Å². The summed E-state index contributed by atoms with van der Waals surface area (Å²) in [6.45, 7) is 3.06. The number of carbonyl (C=O) groups excluding carboxylic acids is 1. The molecule has 54 valence electrons. The lowest BCUT2D eigenvalue weighted by atomic mass is 10.6. The molecular weight excluding hydrogens is 138 g/mol. The van der Waals surface area contributed by atoms with E-state index < -0.39 is 0 Å². The van der Waals surface area contributed by atoms with E-state index in [-0.39, 0.29) is 10.9 Å². The first kappa shape index (κ1) is 11.2. The van der Waals surface area contributed by atoms with Gasteiger partial charge in [0.2, 0.25) is 0 Å². The molecule has 5 N–H and O–H groups in total. The highest BCUT2D eigenvalue weighted by Crippen LogP contribution is 1.50. The van der Waals surface area contributed by atoms with Gasteiger partial charge in [-0.15, -0.1) is 0 Å². The van der Waals surface area contributed by atoms with Crippen LogP contribution in [0.3, 0.4) is 0 Å². The van der Waals surface area contributed by atoms with Crippen LogP contribution in [0.5, 0.6) is 0 Å². The van der Waals surface area contributed by atoms with Gasteiger partial charge < -0.3 is 16.0 Å². The van der Waals surface area contributed by atoms with Crippen molar-refractivity contribution in [1.29, 1.82) is 0 Å². The molecule has 0 aromatic rings. The summed E-state index contributed by atoms with van der Waals surface area (Å²) >= 11 is 4.24. The molecule has 0 saturated heterocycles. The summed E-state index contributed by atoms with van der Waals surface area (Å²) in [6, 6.07) is 0. The third-order valence-corrected chi connectivity index (χ3v) is 0.260. The number of hydrazine groups is 1. The molecule has 0 heterocycles. The van der Waals surface area contributed by atoms with Crippen LogP contribution in [-0.2, 0) is 4.79 Å². The molecule has 0 atom stereocenters. The number of ketones is 1. The van der Waals surface area contributed by atoms with Crippen molar-refractivity contribution in [2.75, 3.05) is 0 Å². The predicted octanol–water partition coefficient (Wildman–Crippen LogP) is -0.711. The van der Waals surface area contributed by atoms with E-state index in [9.17, 15) is 4.79 Å². The average molecular weight is 149 g/mol. The Morgan fingerprint density at radius 2 is 1.67 bits per heavy atom.